The van der Waals surface area contributed by atoms with E-state index in [1.807, 2.05) is 31.2 Å². The number of aromatic nitrogens is 2. The Labute approximate surface area is 151 Å². The molecule has 0 radical (unpaired) electrons. The molecule has 0 N–H and O–H groups in total. The Morgan fingerprint density at radius 3 is 2.77 bits per heavy atom. The topological polar surface area (TPSA) is 64.4 Å². The number of fused-ring (bicyclic) bond motifs is 1. The molecule has 134 valence electrons. The molecule has 1 amide bonds. The van der Waals surface area contributed by atoms with Gasteiger partial charge in [0.05, 0.1) is 18.8 Å². The number of likely N-dealkylation sites (N-methyl/N-ethyl adjacent to an activating group) is 1. The molecule has 0 bridgehead atoms. The summed E-state index contributed by atoms with van der Waals surface area (Å²) in [5.41, 5.74) is 2.55. The van der Waals surface area contributed by atoms with Gasteiger partial charge in [-0.2, -0.15) is 5.10 Å². The first-order valence-corrected chi connectivity index (χ1v) is 8.32. The van der Waals surface area contributed by atoms with Crippen molar-refractivity contribution in [3.05, 3.63) is 70.0 Å². The highest BCUT2D eigenvalue weighted by atomic mass is 16.5. The van der Waals surface area contributed by atoms with Gasteiger partial charge in [0.1, 0.15) is 12.3 Å². The molecule has 1 heterocycles. The predicted octanol–water partition coefficient (Wildman–Crippen LogP) is 2.37. The van der Waals surface area contributed by atoms with Crippen molar-refractivity contribution in [2.75, 3.05) is 14.2 Å². The summed E-state index contributed by atoms with van der Waals surface area (Å²) < 4.78 is 6.94. The number of rotatable bonds is 5. The highest BCUT2D eigenvalue weighted by molar-refractivity contribution is 5.81. The molecule has 6 heteroatoms. The lowest BCUT2D eigenvalue weighted by molar-refractivity contribution is -0.131. The smallest absolute Gasteiger partial charge is 0.244 e. The summed E-state index contributed by atoms with van der Waals surface area (Å²) in [5.74, 6) is 0.650. The second kappa shape index (κ2) is 7.39. The van der Waals surface area contributed by atoms with E-state index in [0.717, 1.165) is 16.9 Å². The van der Waals surface area contributed by atoms with E-state index in [0.29, 0.717) is 17.4 Å². The minimum absolute atomic E-state index is 0.0609. The Hall–Kier alpha value is -3.15. The van der Waals surface area contributed by atoms with E-state index in [1.165, 1.54) is 6.20 Å². The number of carbonyl (C=O) groups is 1. The van der Waals surface area contributed by atoms with Crippen LogP contribution in [0.25, 0.3) is 10.9 Å². The van der Waals surface area contributed by atoms with Crippen molar-refractivity contribution in [2.45, 2.75) is 20.0 Å². The van der Waals surface area contributed by atoms with Gasteiger partial charge in [-0.1, -0.05) is 29.8 Å². The highest BCUT2D eigenvalue weighted by Gasteiger charge is 2.14. The van der Waals surface area contributed by atoms with E-state index >= 15 is 0 Å². The van der Waals surface area contributed by atoms with Crippen molar-refractivity contribution in [3.63, 3.8) is 0 Å². The van der Waals surface area contributed by atoms with Crippen LogP contribution in [0.15, 0.2) is 53.5 Å². The van der Waals surface area contributed by atoms with Gasteiger partial charge in [0.15, 0.2) is 0 Å². The number of amides is 1. The second-order valence-corrected chi connectivity index (χ2v) is 6.25. The first-order valence-electron chi connectivity index (χ1n) is 8.32. The molecule has 0 unspecified atom stereocenters. The summed E-state index contributed by atoms with van der Waals surface area (Å²) in [5, 5.41) is 4.67. The van der Waals surface area contributed by atoms with Crippen molar-refractivity contribution >= 4 is 16.8 Å². The second-order valence-electron chi connectivity index (χ2n) is 6.25. The summed E-state index contributed by atoms with van der Waals surface area (Å²) in [6, 6.07) is 13.0. The number of hydrogen-bond donors (Lipinski definition) is 0. The molecular formula is C20H21N3O3. The Bertz CT molecular complexity index is 1010. The molecule has 1 aromatic heterocycles. The van der Waals surface area contributed by atoms with Crippen LogP contribution < -0.4 is 10.2 Å². The summed E-state index contributed by atoms with van der Waals surface area (Å²) in [6.45, 7) is 2.49. The summed E-state index contributed by atoms with van der Waals surface area (Å²) in [7, 11) is 3.36. The maximum Gasteiger partial charge on any atom is 0.244 e. The van der Waals surface area contributed by atoms with Crippen LogP contribution in [0.4, 0.5) is 0 Å². The fraction of sp³-hybridized carbons (Fsp3) is 0.250. The number of hydrogen-bond acceptors (Lipinski definition) is 4. The Morgan fingerprint density at radius 2 is 2.00 bits per heavy atom. The van der Waals surface area contributed by atoms with Crippen LogP contribution in [-0.2, 0) is 17.9 Å². The number of carbonyl (C=O) groups excluding carboxylic acids is 1. The maximum atomic E-state index is 12.7. The molecule has 0 spiro atoms. The molecule has 0 aliphatic carbocycles. The van der Waals surface area contributed by atoms with Gasteiger partial charge in [-0.05, 0) is 25.1 Å². The molecule has 0 saturated heterocycles. The molecule has 26 heavy (non-hydrogen) atoms. The minimum Gasteiger partial charge on any atom is -0.496 e. The SMILES string of the molecule is COc1ccc(C)cc1CN(C)C(=O)Cn1ncc(=O)c2ccccc21. The lowest BCUT2D eigenvalue weighted by Gasteiger charge is -2.20. The van der Waals surface area contributed by atoms with Gasteiger partial charge in [-0.3, -0.25) is 14.3 Å². The first kappa shape index (κ1) is 17.7. The molecule has 0 saturated carbocycles. The Morgan fingerprint density at radius 1 is 1.23 bits per heavy atom. The monoisotopic (exact) mass is 351 g/mol. The first-order chi connectivity index (χ1) is 12.5. The maximum absolute atomic E-state index is 12.7. The molecule has 0 aliphatic rings. The average Bonchev–Trinajstić information content (AvgIpc) is 2.64. The normalized spacial score (nSPS) is 10.7. The largest absolute Gasteiger partial charge is 0.496 e. The zero-order valence-electron chi connectivity index (χ0n) is 15.1. The van der Waals surface area contributed by atoms with Crippen LogP contribution in [0.5, 0.6) is 5.75 Å². The van der Waals surface area contributed by atoms with E-state index in [2.05, 4.69) is 5.10 Å². The van der Waals surface area contributed by atoms with Crippen LogP contribution >= 0.6 is 0 Å². The fourth-order valence-corrected chi connectivity index (χ4v) is 2.91. The van der Waals surface area contributed by atoms with Gasteiger partial charge in [0, 0.05) is 24.5 Å². The van der Waals surface area contributed by atoms with E-state index in [1.54, 1.807) is 41.9 Å². The van der Waals surface area contributed by atoms with Crippen LogP contribution in [0, 0.1) is 6.92 Å². The van der Waals surface area contributed by atoms with Gasteiger partial charge in [-0.15, -0.1) is 0 Å². The summed E-state index contributed by atoms with van der Waals surface area (Å²) in [4.78, 5) is 26.2. The average molecular weight is 351 g/mol. The standard InChI is InChI=1S/C20H21N3O3/c1-14-8-9-19(26-3)15(10-14)12-22(2)20(25)13-23-17-7-5-4-6-16(17)18(24)11-21-23/h4-11H,12-13H2,1-3H3. The number of ether oxygens (including phenoxy) is 1. The molecule has 0 fully saturated rings. The van der Waals surface area contributed by atoms with Crippen molar-refractivity contribution < 1.29 is 9.53 Å². The van der Waals surface area contributed by atoms with Crippen LogP contribution in [0.1, 0.15) is 11.1 Å². The molecule has 3 aromatic rings. The predicted molar refractivity (Wildman–Crippen MR) is 100 cm³/mol. The van der Waals surface area contributed by atoms with Crippen molar-refractivity contribution in [3.8, 4) is 5.75 Å². The van der Waals surface area contributed by atoms with Gasteiger partial charge >= 0.3 is 0 Å². The zero-order chi connectivity index (χ0) is 18.7. The Kier molecular flexibility index (Phi) is 5.02. The third kappa shape index (κ3) is 3.59. The third-order valence-corrected chi connectivity index (χ3v) is 4.32. The quantitative estimate of drug-likeness (QED) is 0.708. The Balaban J connectivity index is 1.82. The van der Waals surface area contributed by atoms with Crippen LogP contribution in [-0.4, -0.2) is 34.7 Å². The lowest BCUT2D eigenvalue weighted by Crippen LogP contribution is -2.31. The molecular weight excluding hydrogens is 330 g/mol. The van der Waals surface area contributed by atoms with Crippen molar-refractivity contribution in [2.24, 2.45) is 0 Å². The molecule has 3 rings (SSSR count). The molecule has 2 aromatic carbocycles. The fourth-order valence-electron chi connectivity index (χ4n) is 2.91. The minimum atomic E-state index is -0.151. The van der Waals surface area contributed by atoms with Crippen molar-refractivity contribution in [1.29, 1.82) is 0 Å². The molecule has 0 atom stereocenters. The number of benzene rings is 2. The van der Waals surface area contributed by atoms with E-state index in [4.69, 9.17) is 4.74 Å². The zero-order valence-corrected chi connectivity index (χ0v) is 15.1. The number of aryl methyl sites for hydroxylation is 1. The van der Waals surface area contributed by atoms with Gasteiger partial charge in [-0.25, -0.2) is 0 Å². The third-order valence-electron chi connectivity index (χ3n) is 4.32. The van der Waals surface area contributed by atoms with Gasteiger partial charge in [0.2, 0.25) is 11.3 Å². The van der Waals surface area contributed by atoms with E-state index < -0.39 is 0 Å². The van der Waals surface area contributed by atoms with Crippen LogP contribution in [0.3, 0.4) is 0 Å². The van der Waals surface area contributed by atoms with Gasteiger partial charge in [0.25, 0.3) is 0 Å². The number of methoxy groups -OCH3 is 1. The molecule has 6 nitrogen and oxygen atoms in total. The molecule has 0 aliphatic heterocycles. The number of nitrogens with zero attached hydrogens (tertiary/aromatic N) is 3. The summed E-state index contributed by atoms with van der Waals surface area (Å²) in [6.07, 6.45) is 1.25. The summed E-state index contributed by atoms with van der Waals surface area (Å²) >= 11 is 0. The lowest BCUT2D eigenvalue weighted by atomic mass is 10.1. The van der Waals surface area contributed by atoms with Gasteiger partial charge < -0.3 is 9.64 Å². The van der Waals surface area contributed by atoms with E-state index in [-0.39, 0.29) is 17.9 Å². The highest BCUT2D eigenvalue weighted by Crippen LogP contribution is 2.21. The number of para-hydroxylation sites is 1. The van der Waals surface area contributed by atoms with Crippen molar-refractivity contribution in [1.82, 2.24) is 14.7 Å². The van der Waals surface area contributed by atoms with E-state index in [9.17, 15) is 9.59 Å². The van der Waals surface area contributed by atoms with Crippen LogP contribution in [0.2, 0.25) is 0 Å².